The van der Waals surface area contributed by atoms with Crippen molar-refractivity contribution >= 4 is 38.4 Å². The fourth-order valence-electron chi connectivity index (χ4n) is 2.22. The van der Waals surface area contributed by atoms with E-state index in [-0.39, 0.29) is 0 Å². The number of pyridine rings is 1. The molecule has 0 bridgehead atoms. The van der Waals surface area contributed by atoms with Crippen molar-refractivity contribution in [3.05, 3.63) is 64.8 Å². The first-order chi connectivity index (χ1) is 10.2. The summed E-state index contributed by atoms with van der Waals surface area (Å²) in [5, 5.41) is 2.31. The zero-order valence-corrected chi connectivity index (χ0v) is 13.8. The summed E-state index contributed by atoms with van der Waals surface area (Å²) in [5.74, 6) is 1.54. The molecule has 0 fully saturated rings. The summed E-state index contributed by atoms with van der Waals surface area (Å²) in [4.78, 5) is 4.39. The highest BCUT2D eigenvalue weighted by Gasteiger charge is 2.10. The summed E-state index contributed by atoms with van der Waals surface area (Å²) in [6.45, 7) is 2.06. The minimum Gasteiger partial charge on any atom is -0.455 e. The van der Waals surface area contributed by atoms with E-state index in [1.54, 1.807) is 6.20 Å². The van der Waals surface area contributed by atoms with E-state index >= 15 is 0 Å². The van der Waals surface area contributed by atoms with Gasteiger partial charge in [0.05, 0.1) is 5.02 Å². The fraction of sp³-hybridized carbons (Fsp3) is 0.118. The molecule has 0 amide bonds. The molecule has 0 atom stereocenters. The van der Waals surface area contributed by atoms with E-state index in [1.807, 2.05) is 36.4 Å². The second-order valence-electron chi connectivity index (χ2n) is 4.79. The third-order valence-electron chi connectivity index (χ3n) is 3.26. The third-order valence-corrected chi connectivity index (χ3v) is 4.19. The second kappa shape index (κ2) is 6.04. The van der Waals surface area contributed by atoms with Crippen LogP contribution in [-0.4, -0.2) is 4.98 Å². The Kier molecular flexibility index (Phi) is 4.13. The zero-order valence-electron chi connectivity index (χ0n) is 11.4. The van der Waals surface area contributed by atoms with Gasteiger partial charge in [-0.1, -0.05) is 45.2 Å². The van der Waals surface area contributed by atoms with Crippen molar-refractivity contribution in [2.45, 2.75) is 12.3 Å². The van der Waals surface area contributed by atoms with E-state index < -0.39 is 0 Å². The number of fused-ring (bicyclic) bond motifs is 1. The number of hydrogen-bond donors (Lipinski definition) is 0. The average molecular weight is 363 g/mol. The summed E-state index contributed by atoms with van der Waals surface area (Å²) in [5.41, 5.74) is 3.08. The Hall–Kier alpha value is -1.58. The first kappa shape index (κ1) is 14.4. The standard InChI is InChI=1S/C17H13BrClNO/c1-11-4-6-15(12(9-11)10-18)21-16-7-5-14(19)13-3-2-8-20-17(13)16/h2-9H,10H2,1H3. The molecule has 0 saturated heterocycles. The van der Waals surface area contributed by atoms with Gasteiger partial charge in [0.15, 0.2) is 5.75 Å². The van der Waals surface area contributed by atoms with Gasteiger partial charge in [-0.2, -0.15) is 0 Å². The van der Waals surface area contributed by atoms with Crippen molar-refractivity contribution in [1.29, 1.82) is 0 Å². The number of alkyl halides is 1. The molecule has 21 heavy (non-hydrogen) atoms. The monoisotopic (exact) mass is 361 g/mol. The first-order valence-corrected chi connectivity index (χ1v) is 8.05. The van der Waals surface area contributed by atoms with Crippen LogP contribution in [0.3, 0.4) is 0 Å². The van der Waals surface area contributed by atoms with Crippen LogP contribution in [0.4, 0.5) is 0 Å². The van der Waals surface area contributed by atoms with Crippen molar-refractivity contribution in [3.8, 4) is 11.5 Å². The SMILES string of the molecule is Cc1ccc(Oc2ccc(Cl)c3cccnc23)c(CBr)c1. The third kappa shape index (κ3) is 2.89. The minimum absolute atomic E-state index is 0.676. The summed E-state index contributed by atoms with van der Waals surface area (Å²) < 4.78 is 6.07. The largest absolute Gasteiger partial charge is 0.455 e. The molecule has 0 unspecified atom stereocenters. The molecule has 0 spiro atoms. The molecule has 1 aromatic heterocycles. The van der Waals surface area contributed by atoms with Crippen LogP contribution in [0, 0.1) is 6.92 Å². The van der Waals surface area contributed by atoms with Gasteiger partial charge in [0.1, 0.15) is 11.3 Å². The van der Waals surface area contributed by atoms with Crippen molar-refractivity contribution in [1.82, 2.24) is 4.98 Å². The van der Waals surface area contributed by atoms with Gasteiger partial charge in [0.25, 0.3) is 0 Å². The van der Waals surface area contributed by atoms with Crippen LogP contribution >= 0.6 is 27.5 Å². The molecule has 0 aliphatic heterocycles. The Morgan fingerprint density at radius 2 is 1.95 bits per heavy atom. The van der Waals surface area contributed by atoms with E-state index in [1.165, 1.54) is 5.56 Å². The number of ether oxygens (including phenoxy) is 1. The maximum atomic E-state index is 6.21. The Bertz CT molecular complexity index is 804. The Labute approximate surface area is 136 Å². The van der Waals surface area contributed by atoms with Gasteiger partial charge in [-0.25, -0.2) is 0 Å². The number of nitrogens with zero attached hydrogens (tertiary/aromatic N) is 1. The van der Waals surface area contributed by atoms with E-state index in [9.17, 15) is 0 Å². The van der Waals surface area contributed by atoms with Crippen molar-refractivity contribution in [3.63, 3.8) is 0 Å². The molecule has 0 aliphatic carbocycles. The van der Waals surface area contributed by atoms with Crippen molar-refractivity contribution in [2.24, 2.45) is 0 Å². The lowest BCUT2D eigenvalue weighted by Crippen LogP contribution is -1.92. The van der Waals surface area contributed by atoms with Gasteiger partial charge in [0.2, 0.25) is 0 Å². The average Bonchev–Trinajstić information content (AvgIpc) is 2.52. The predicted octanol–water partition coefficient (Wildman–Crippen LogP) is 5.88. The maximum Gasteiger partial charge on any atom is 0.153 e. The molecule has 3 aromatic rings. The fourth-order valence-corrected chi connectivity index (χ4v) is 2.88. The Morgan fingerprint density at radius 1 is 1.14 bits per heavy atom. The molecule has 1 heterocycles. The molecule has 3 rings (SSSR count). The Morgan fingerprint density at radius 3 is 2.76 bits per heavy atom. The summed E-state index contributed by atoms with van der Waals surface area (Å²) in [7, 11) is 0. The maximum absolute atomic E-state index is 6.21. The molecule has 2 aromatic carbocycles. The van der Waals surface area contributed by atoms with Crippen LogP contribution in [0.1, 0.15) is 11.1 Å². The normalized spacial score (nSPS) is 10.8. The number of benzene rings is 2. The van der Waals surface area contributed by atoms with E-state index in [2.05, 4.69) is 33.9 Å². The van der Waals surface area contributed by atoms with Crippen LogP contribution in [0.25, 0.3) is 10.9 Å². The lowest BCUT2D eigenvalue weighted by Gasteiger charge is -2.12. The highest BCUT2D eigenvalue weighted by molar-refractivity contribution is 9.08. The number of aromatic nitrogens is 1. The van der Waals surface area contributed by atoms with Gasteiger partial charge >= 0.3 is 0 Å². The van der Waals surface area contributed by atoms with Gasteiger partial charge in [-0.05, 0) is 37.3 Å². The van der Waals surface area contributed by atoms with Gasteiger partial charge < -0.3 is 4.74 Å². The highest BCUT2D eigenvalue weighted by Crippen LogP contribution is 2.34. The lowest BCUT2D eigenvalue weighted by molar-refractivity contribution is 0.483. The molecular weight excluding hydrogens is 350 g/mol. The Balaban J connectivity index is 2.09. The van der Waals surface area contributed by atoms with Crippen LogP contribution in [-0.2, 0) is 5.33 Å². The lowest BCUT2D eigenvalue weighted by atomic mass is 10.1. The van der Waals surface area contributed by atoms with Gasteiger partial charge in [-0.15, -0.1) is 0 Å². The molecule has 2 nitrogen and oxygen atoms in total. The molecule has 106 valence electrons. The summed E-state index contributed by atoms with van der Waals surface area (Å²) in [6.07, 6.45) is 1.74. The van der Waals surface area contributed by atoms with Crippen molar-refractivity contribution in [2.75, 3.05) is 0 Å². The summed E-state index contributed by atoms with van der Waals surface area (Å²) in [6, 6.07) is 13.6. The van der Waals surface area contributed by atoms with E-state index in [4.69, 9.17) is 16.3 Å². The number of aryl methyl sites for hydroxylation is 1. The number of halogens is 2. The van der Waals surface area contributed by atoms with Gasteiger partial charge in [-0.3, -0.25) is 4.98 Å². The first-order valence-electron chi connectivity index (χ1n) is 6.55. The van der Waals surface area contributed by atoms with Crippen LogP contribution in [0.5, 0.6) is 11.5 Å². The highest BCUT2D eigenvalue weighted by atomic mass is 79.9. The van der Waals surface area contributed by atoms with Crippen molar-refractivity contribution < 1.29 is 4.74 Å². The van der Waals surface area contributed by atoms with Gasteiger partial charge in [0, 0.05) is 22.5 Å². The quantitative estimate of drug-likeness (QED) is 0.542. The van der Waals surface area contributed by atoms with Crippen LogP contribution < -0.4 is 4.74 Å². The smallest absolute Gasteiger partial charge is 0.153 e. The number of rotatable bonds is 3. The second-order valence-corrected chi connectivity index (χ2v) is 5.76. The molecule has 0 N–H and O–H groups in total. The molecule has 0 radical (unpaired) electrons. The molecule has 0 saturated carbocycles. The van der Waals surface area contributed by atoms with E-state index in [0.717, 1.165) is 27.5 Å². The molecule has 4 heteroatoms. The summed E-state index contributed by atoms with van der Waals surface area (Å²) >= 11 is 9.71. The predicted molar refractivity (Wildman–Crippen MR) is 90.6 cm³/mol. The topological polar surface area (TPSA) is 22.1 Å². The van der Waals surface area contributed by atoms with Crippen LogP contribution in [0.2, 0.25) is 5.02 Å². The zero-order chi connectivity index (χ0) is 14.8. The molecular formula is C17H13BrClNO. The van der Waals surface area contributed by atoms with Crippen LogP contribution in [0.15, 0.2) is 48.7 Å². The molecule has 0 aliphatic rings. The number of hydrogen-bond acceptors (Lipinski definition) is 2. The van der Waals surface area contributed by atoms with E-state index in [0.29, 0.717) is 10.8 Å². The minimum atomic E-state index is 0.676.